The van der Waals surface area contributed by atoms with E-state index in [0.29, 0.717) is 5.69 Å². The first kappa shape index (κ1) is 15.1. The fraction of sp³-hybridized carbons (Fsp3) is 0.462. The van der Waals surface area contributed by atoms with Crippen LogP contribution in [0.15, 0.2) is 18.2 Å². The van der Waals surface area contributed by atoms with Crippen molar-refractivity contribution in [2.45, 2.75) is 39.3 Å². The molecular formula is C13H20IN3O. The Morgan fingerprint density at radius 1 is 1.39 bits per heavy atom. The Kier molecular flexibility index (Phi) is 4.84. The summed E-state index contributed by atoms with van der Waals surface area (Å²) in [6, 6.07) is 5.38. The molecule has 1 amide bonds. The predicted octanol–water partition coefficient (Wildman–Crippen LogP) is 2.59. The van der Waals surface area contributed by atoms with E-state index in [9.17, 15) is 4.79 Å². The smallest absolute Gasteiger partial charge is 0.242 e. The normalized spacial score (nSPS) is 12.9. The summed E-state index contributed by atoms with van der Waals surface area (Å²) in [6.45, 7) is 7.68. The molecule has 0 radical (unpaired) electrons. The lowest BCUT2D eigenvalue weighted by atomic mass is 10.1. The zero-order chi connectivity index (χ0) is 13.9. The van der Waals surface area contributed by atoms with Gasteiger partial charge in [-0.2, -0.15) is 0 Å². The maximum absolute atomic E-state index is 11.9. The van der Waals surface area contributed by atoms with Gasteiger partial charge in [0.1, 0.15) is 6.04 Å². The van der Waals surface area contributed by atoms with Gasteiger partial charge in [0, 0.05) is 9.11 Å². The molecule has 18 heavy (non-hydrogen) atoms. The third kappa shape index (κ3) is 4.72. The van der Waals surface area contributed by atoms with E-state index in [-0.39, 0.29) is 17.5 Å². The van der Waals surface area contributed by atoms with Crippen molar-refractivity contribution in [1.82, 2.24) is 5.32 Å². The Morgan fingerprint density at radius 2 is 2.00 bits per heavy atom. The van der Waals surface area contributed by atoms with Gasteiger partial charge < -0.3 is 16.4 Å². The summed E-state index contributed by atoms with van der Waals surface area (Å²) >= 11 is 2.20. The van der Waals surface area contributed by atoms with Crippen molar-refractivity contribution in [3.63, 3.8) is 0 Å². The van der Waals surface area contributed by atoms with E-state index in [1.54, 1.807) is 0 Å². The summed E-state index contributed by atoms with van der Waals surface area (Å²) in [5, 5.41) is 6.05. The number of rotatable bonds is 3. The molecule has 1 atom stereocenters. The van der Waals surface area contributed by atoms with Crippen molar-refractivity contribution < 1.29 is 4.79 Å². The third-order valence-electron chi connectivity index (χ3n) is 2.28. The standard InChI is InChI=1S/C13H20IN3O/c1-8(12(18)17-13(2,3)4)16-11-6-5-9(14)7-10(11)15/h5-8,16H,15H2,1-4H3,(H,17,18). The van der Waals surface area contributed by atoms with Crippen LogP contribution >= 0.6 is 22.6 Å². The maximum Gasteiger partial charge on any atom is 0.242 e. The minimum Gasteiger partial charge on any atom is -0.397 e. The molecule has 0 aromatic heterocycles. The van der Waals surface area contributed by atoms with E-state index < -0.39 is 0 Å². The molecule has 1 unspecified atom stereocenters. The topological polar surface area (TPSA) is 67.1 Å². The first-order chi connectivity index (χ1) is 8.19. The van der Waals surface area contributed by atoms with Gasteiger partial charge in [0.15, 0.2) is 0 Å². The Labute approximate surface area is 122 Å². The summed E-state index contributed by atoms with van der Waals surface area (Å²) in [5.41, 5.74) is 7.10. The molecule has 5 heteroatoms. The van der Waals surface area contributed by atoms with Crippen molar-refractivity contribution in [2.75, 3.05) is 11.1 Å². The average Bonchev–Trinajstić information content (AvgIpc) is 2.19. The number of hydrogen-bond acceptors (Lipinski definition) is 3. The van der Waals surface area contributed by atoms with Crippen molar-refractivity contribution in [2.24, 2.45) is 0 Å². The summed E-state index contributed by atoms with van der Waals surface area (Å²) in [6.07, 6.45) is 0. The predicted molar refractivity (Wildman–Crippen MR) is 84.6 cm³/mol. The highest BCUT2D eigenvalue weighted by atomic mass is 127. The highest BCUT2D eigenvalue weighted by Gasteiger charge is 2.19. The van der Waals surface area contributed by atoms with E-state index in [1.807, 2.05) is 45.9 Å². The van der Waals surface area contributed by atoms with Crippen molar-refractivity contribution in [3.05, 3.63) is 21.8 Å². The van der Waals surface area contributed by atoms with Crippen LogP contribution in [0.3, 0.4) is 0 Å². The third-order valence-corrected chi connectivity index (χ3v) is 2.95. The van der Waals surface area contributed by atoms with Gasteiger partial charge in [-0.15, -0.1) is 0 Å². The first-order valence-electron chi connectivity index (χ1n) is 5.82. The van der Waals surface area contributed by atoms with E-state index in [1.165, 1.54) is 0 Å². The van der Waals surface area contributed by atoms with Gasteiger partial charge >= 0.3 is 0 Å². The largest absolute Gasteiger partial charge is 0.397 e. The van der Waals surface area contributed by atoms with Crippen LogP contribution in [0.2, 0.25) is 0 Å². The number of amides is 1. The van der Waals surface area contributed by atoms with E-state index in [4.69, 9.17) is 5.73 Å². The van der Waals surface area contributed by atoms with E-state index in [0.717, 1.165) is 9.26 Å². The molecule has 0 aliphatic heterocycles. The first-order valence-corrected chi connectivity index (χ1v) is 6.90. The molecule has 4 N–H and O–H groups in total. The van der Waals surface area contributed by atoms with Crippen LogP contribution in [0.4, 0.5) is 11.4 Å². The number of halogens is 1. The summed E-state index contributed by atoms with van der Waals surface area (Å²) in [5.74, 6) is -0.0412. The van der Waals surface area contributed by atoms with Crippen LogP contribution in [0.1, 0.15) is 27.7 Å². The highest BCUT2D eigenvalue weighted by Crippen LogP contribution is 2.21. The lowest BCUT2D eigenvalue weighted by Crippen LogP contribution is -2.47. The lowest BCUT2D eigenvalue weighted by molar-refractivity contribution is -0.122. The number of nitrogen functional groups attached to an aromatic ring is 1. The van der Waals surface area contributed by atoms with Crippen LogP contribution < -0.4 is 16.4 Å². The SMILES string of the molecule is CC(Nc1ccc(I)cc1N)C(=O)NC(C)(C)C. The molecule has 0 aliphatic rings. The fourth-order valence-electron chi connectivity index (χ4n) is 1.44. The number of nitrogens with one attached hydrogen (secondary N) is 2. The quantitative estimate of drug-likeness (QED) is 0.573. The number of nitrogens with two attached hydrogens (primary N) is 1. The molecule has 0 saturated heterocycles. The second-order valence-electron chi connectivity index (χ2n) is 5.34. The number of hydrogen-bond donors (Lipinski definition) is 3. The van der Waals surface area contributed by atoms with Crippen molar-refractivity contribution in [1.29, 1.82) is 0 Å². The van der Waals surface area contributed by atoms with Crippen LogP contribution in [-0.2, 0) is 4.79 Å². The number of carbonyl (C=O) groups excluding carboxylic acids is 1. The van der Waals surface area contributed by atoms with Gasteiger partial charge in [0.05, 0.1) is 11.4 Å². The number of anilines is 2. The highest BCUT2D eigenvalue weighted by molar-refractivity contribution is 14.1. The van der Waals surface area contributed by atoms with Gasteiger partial charge in [0.2, 0.25) is 5.91 Å². The summed E-state index contributed by atoms with van der Waals surface area (Å²) in [7, 11) is 0. The minimum absolute atomic E-state index is 0.0412. The molecule has 1 rings (SSSR count). The zero-order valence-electron chi connectivity index (χ0n) is 11.2. The van der Waals surface area contributed by atoms with Crippen molar-refractivity contribution >= 4 is 39.9 Å². The molecule has 0 fully saturated rings. The van der Waals surface area contributed by atoms with Crippen molar-refractivity contribution in [3.8, 4) is 0 Å². The van der Waals surface area contributed by atoms with Gasteiger partial charge in [-0.3, -0.25) is 4.79 Å². The molecule has 0 aliphatic carbocycles. The van der Waals surface area contributed by atoms with E-state index >= 15 is 0 Å². The molecule has 0 heterocycles. The van der Waals surface area contributed by atoms with Gasteiger partial charge in [0.25, 0.3) is 0 Å². The number of carbonyl (C=O) groups is 1. The Balaban J connectivity index is 2.69. The molecule has 0 spiro atoms. The molecule has 0 bridgehead atoms. The van der Waals surface area contributed by atoms with Gasteiger partial charge in [-0.05, 0) is 68.5 Å². The van der Waals surface area contributed by atoms with Gasteiger partial charge in [-0.1, -0.05) is 0 Å². The fourth-order valence-corrected chi connectivity index (χ4v) is 1.96. The number of benzene rings is 1. The van der Waals surface area contributed by atoms with Crippen LogP contribution in [0, 0.1) is 3.57 Å². The molecule has 0 saturated carbocycles. The Hall–Kier alpha value is -0.980. The molecule has 100 valence electrons. The Morgan fingerprint density at radius 3 is 2.50 bits per heavy atom. The summed E-state index contributed by atoms with van der Waals surface area (Å²) < 4.78 is 1.07. The monoisotopic (exact) mass is 361 g/mol. The average molecular weight is 361 g/mol. The molecule has 4 nitrogen and oxygen atoms in total. The molecular weight excluding hydrogens is 341 g/mol. The Bertz CT molecular complexity index is 440. The van der Waals surface area contributed by atoms with Crippen LogP contribution in [0.25, 0.3) is 0 Å². The lowest BCUT2D eigenvalue weighted by Gasteiger charge is -2.24. The van der Waals surface area contributed by atoms with Crippen LogP contribution in [-0.4, -0.2) is 17.5 Å². The second kappa shape index (κ2) is 5.77. The maximum atomic E-state index is 11.9. The van der Waals surface area contributed by atoms with E-state index in [2.05, 4.69) is 33.2 Å². The second-order valence-corrected chi connectivity index (χ2v) is 6.58. The molecule has 1 aromatic rings. The minimum atomic E-state index is -0.327. The van der Waals surface area contributed by atoms with Gasteiger partial charge in [-0.25, -0.2) is 0 Å². The van der Waals surface area contributed by atoms with Crippen LogP contribution in [0.5, 0.6) is 0 Å². The molecule has 1 aromatic carbocycles. The zero-order valence-corrected chi connectivity index (χ0v) is 13.3. The summed E-state index contributed by atoms with van der Waals surface area (Å²) in [4.78, 5) is 11.9.